The molecule has 1 fully saturated rings. The third-order valence-electron chi connectivity index (χ3n) is 3.87. The Morgan fingerprint density at radius 2 is 2.12 bits per heavy atom. The van der Waals surface area contributed by atoms with Gasteiger partial charge in [-0.05, 0) is 31.4 Å². The number of hydrogen-bond donors (Lipinski definition) is 1. The molecule has 0 atom stereocenters. The van der Waals surface area contributed by atoms with Gasteiger partial charge in [0.25, 0.3) is 0 Å². The summed E-state index contributed by atoms with van der Waals surface area (Å²) in [5.74, 6) is 1.43. The van der Waals surface area contributed by atoms with Crippen LogP contribution in [0.3, 0.4) is 0 Å². The SMILES string of the molecule is CCCS(=O)(=O)NC1CCN(C(=O)CSCc2ccccn2)CC1. The lowest BCUT2D eigenvalue weighted by Gasteiger charge is -2.32. The monoisotopic (exact) mass is 371 g/mol. The molecule has 0 spiro atoms. The van der Waals surface area contributed by atoms with Crippen LogP contribution in [0.25, 0.3) is 0 Å². The maximum absolute atomic E-state index is 12.2. The first-order valence-corrected chi connectivity index (χ1v) is 11.1. The van der Waals surface area contributed by atoms with Gasteiger partial charge in [0, 0.05) is 31.1 Å². The number of piperidine rings is 1. The van der Waals surface area contributed by atoms with E-state index in [0.29, 0.717) is 38.1 Å². The Bertz CT molecular complexity index is 615. The number of pyridine rings is 1. The Hall–Kier alpha value is -1.12. The van der Waals surface area contributed by atoms with Crippen LogP contribution in [-0.4, -0.2) is 54.8 Å². The van der Waals surface area contributed by atoms with Gasteiger partial charge < -0.3 is 4.90 Å². The van der Waals surface area contributed by atoms with Crippen LogP contribution in [-0.2, 0) is 20.6 Å². The first kappa shape index (κ1) is 19.2. The molecule has 1 aromatic heterocycles. The number of sulfonamides is 1. The van der Waals surface area contributed by atoms with E-state index in [4.69, 9.17) is 0 Å². The van der Waals surface area contributed by atoms with Gasteiger partial charge in [-0.2, -0.15) is 0 Å². The molecule has 1 aromatic rings. The van der Waals surface area contributed by atoms with Crippen molar-refractivity contribution in [2.45, 2.75) is 38.0 Å². The average Bonchev–Trinajstić information content (AvgIpc) is 2.56. The number of nitrogens with one attached hydrogen (secondary N) is 1. The van der Waals surface area contributed by atoms with Crippen molar-refractivity contribution in [3.8, 4) is 0 Å². The number of amides is 1. The molecule has 1 N–H and O–H groups in total. The second-order valence-electron chi connectivity index (χ2n) is 5.91. The Balaban J connectivity index is 1.69. The summed E-state index contributed by atoms with van der Waals surface area (Å²) in [6.07, 6.45) is 3.72. The standard InChI is InChI=1S/C16H25N3O3S2/c1-2-11-24(21,22)18-14-6-9-19(10-7-14)16(20)13-23-12-15-5-3-4-8-17-15/h3-5,8,14,18H,2,6-7,9-13H2,1H3. The molecule has 134 valence electrons. The minimum absolute atomic E-state index is 0.0493. The molecule has 0 aromatic carbocycles. The van der Waals surface area contributed by atoms with Gasteiger partial charge >= 0.3 is 0 Å². The normalized spacial score (nSPS) is 16.3. The second-order valence-corrected chi connectivity index (χ2v) is 8.76. The summed E-state index contributed by atoms with van der Waals surface area (Å²) in [5, 5.41) is 0. The molecule has 2 heterocycles. The van der Waals surface area contributed by atoms with Crippen molar-refractivity contribution in [1.82, 2.24) is 14.6 Å². The van der Waals surface area contributed by atoms with Gasteiger partial charge in [-0.15, -0.1) is 11.8 Å². The van der Waals surface area contributed by atoms with Crippen LogP contribution in [0.15, 0.2) is 24.4 Å². The van der Waals surface area contributed by atoms with Crippen LogP contribution < -0.4 is 4.72 Å². The van der Waals surface area contributed by atoms with Crippen LogP contribution in [0.1, 0.15) is 31.9 Å². The summed E-state index contributed by atoms with van der Waals surface area (Å²) < 4.78 is 26.3. The van der Waals surface area contributed by atoms with E-state index in [9.17, 15) is 13.2 Å². The molecule has 2 rings (SSSR count). The predicted molar refractivity (Wildman–Crippen MR) is 97.2 cm³/mol. The van der Waals surface area contributed by atoms with Crippen molar-refractivity contribution in [3.05, 3.63) is 30.1 Å². The fourth-order valence-electron chi connectivity index (χ4n) is 2.65. The Labute approximate surface area is 148 Å². The smallest absolute Gasteiger partial charge is 0.232 e. The summed E-state index contributed by atoms with van der Waals surface area (Å²) in [5.41, 5.74) is 0.972. The first-order chi connectivity index (χ1) is 11.5. The van der Waals surface area contributed by atoms with Gasteiger partial charge in [0.1, 0.15) is 0 Å². The molecule has 0 aliphatic carbocycles. The highest BCUT2D eigenvalue weighted by molar-refractivity contribution is 7.99. The van der Waals surface area contributed by atoms with Gasteiger partial charge in [-0.1, -0.05) is 13.0 Å². The van der Waals surface area contributed by atoms with Crippen LogP contribution in [0.4, 0.5) is 0 Å². The number of carbonyl (C=O) groups excluding carboxylic acids is 1. The minimum atomic E-state index is -3.18. The van der Waals surface area contributed by atoms with Gasteiger partial charge in [0.05, 0.1) is 17.2 Å². The zero-order chi connectivity index (χ0) is 17.4. The number of hydrogen-bond acceptors (Lipinski definition) is 5. The molecule has 6 nitrogen and oxygen atoms in total. The lowest BCUT2D eigenvalue weighted by atomic mass is 10.1. The Morgan fingerprint density at radius 3 is 2.75 bits per heavy atom. The van der Waals surface area contributed by atoms with Crippen molar-refractivity contribution in [1.29, 1.82) is 0 Å². The highest BCUT2D eigenvalue weighted by atomic mass is 32.2. The number of aromatic nitrogens is 1. The second kappa shape index (κ2) is 9.39. The van der Waals surface area contributed by atoms with Crippen molar-refractivity contribution >= 4 is 27.7 Å². The maximum Gasteiger partial charge on any atom is 0.232 e. The Morgan fingerprint density at radius 1 is 1.38 bits per heavy atom. The molecule has 8 heteroatoms. The Kier molecular flexibility index (Phi) is 7.51. The maximum atomic E-state index is 12.2. The zero-order valence-electron chi connectivity index (χ0n) is 14.0. The summed E-state index contributed by atoms with van der Waals surface area (Å²) in [7, 11) is -3.18. The highest BCUT2D eigenvalue weighted by Crippen LogP contribution is 2.15. The molecule has 0 unspecified atom stereocenters. The van der Waals surface area contributed by atoms with Gasteiger partial charge in [-0.3, -0.25) is 9.78 Å². The molecular weight excluding hydrogens is 346 g/mol. The lowest BCUT2D eigenvalue weighted by molar-refractivity contribution is -0.129. The molecular formula is C16H25N3O3S2. The van der Waals surface area contributed by atoms with Crippen LogP contribution in [0, 0.1) is 0 Å². The quantitative estimate of drug-likeness (QED) is 0.751. The number of rotatable bonds is 8. The largest absolute Gasteiger partial charge is 0.342 e. The van der Waals surface area contributed by atoms with Crippen molar-refractivity contribution in [2.75, 3.05) is 24.6 Å². The third kappa shape index (κ3) is 6.41. The summed E-state index contributed by atoms with van der Waals surface area (Å²) >= 11 is 1.56. The van der Waals surface area contributed by atoms with E-state index in [2.05, 4.69) is 9.71 Å². The third-order valence-corrected chi connectivity index (χ3v) is 6.46. The predicted octanol–water partition coefficient (Wildman–Crippen LogP) is 1.64. The van der Waals surface area contributed by atoms with E-state index in [1.807, 2.05) is 30.0 Å². The minimum Gasteiger partial charge on any atom is -0.342 e. The number of thioether (sulfide) groups is 1. The van der Waals surface area contributed by atoms with E-state index < -0.39 is 10.0 Å². The topological polar surface area (TPSA) is 79.4 Å². The molecule has 1 aliphatic heterocycles. The molecule has 0 radical (unpaired) electrons. The zero-order valence-corrected chi connectivity index (χ0v) is 15.6. The molecule has 1 aliphatic rings. The van der Waals surface area contributed by atoms with Crippen molar-refractivity contribution in [2.24, 2.45) is 0 Å². The van der Waals surface area contributed by atoms with E-state index in [-0.39, 0.29) is 17.7 Å². The fourth-order valence-corrected chi connectivity index (χ4v) is 4.88. The number of nitrogens with zero attached hydrogens (tertiary/aromatic N) is 2. The molecule has 0 saturated carbocycles. The fraction of sp³-hybridized carbons (Fsp3) is 0.625. The van der Waals surface area contributed by atoms with Gasteiger partial charge in [0.15, 0.2) is 0 Å². The van der Waals surface area contributed by atoms with Crippen LogP contribution in [0.5, 0.6) is 0 Å². The van der Waals surface area contributed by atoms with Gasteiger partial charge in [-0.25, -0.2) is 13.1 Å². The first-order valence-electron chi connectivity index (χ1n) is 8.25. The summed E-state index contributed by atoms with van der Waals surface area (Å²) in [6.45, 7) is 3.08. The van der Waals surface area contributed by atoms with Crippen LogP contribution in [0.2, 0.25) is 0 Å². The average molecular weight is 372 g/mol. The van der Waals surface area contributed by atoms with Crippen molar-refractivity contribution < 1.29 is 13.2 Å². The highest BCUT2D eigenvalue weighted by Gasteiger charge is 2.25. The molecule has 1 amide bonds. The van der Waals surface area contributed by atoms with Gasteiger partial charge in [0.2, 0.25) is 15.9 Å². The molecule has 1 saturated heterocycles. The number of likely N-dealkylation sites (tertiary alicyclic amines) is 1. The van der Waals surface area contributed by atoms with E-state index >= 15 is 0 Å². The van der Waals surface area contributed by atoms with E-state index in [0.717, 1.165) is 11.4 Å². The number of carbonyl (C=O) groups is 1. The summed E-state index contributed by atoms with van der Waals surface area (Å²) in [4.78, 5) is 18.3. The molecule has 0 bridgehead atoms. The van der Waals surface area contributed by atoms with Crippen molar-refractivity contribution in [3.63, 3.8) is 0 Å². The molecule has 24 heavy (non-hydrogen) atoms. The van der Waals surface area contributed by atoms with E-state index in [1.165, 1.54) is 0 Å². The van der Waals surface area contributed by atoms with Crippen LogP contribution >= 0.6 is 11.8 Å². The summed E-state index contributed by atoms with van der Waals surface area (Å²) in [6, 6.07) is 5.71. The van der Waals surface area contributed by atoms with E-state index in [1.54, 1.807) is 18.0 Å². The lowest BCUT2D eigenvalue weighted by Crippen LogP contribution is -2.47.